The Morgan fingerprint density at radius 1 is 0.950 bits per heavy atom. The molecule has 104 valence electrons. The topological polar surface area (TPSA) is 17.1 Å². The van der Waals surface area contributed by atoms with Crippen LogP contribution in [0.4, 0.5) is 13.2 Å². The van der Waals surface area contributed by atoms with Crippen molar-refractivity contribution in [1.29, 1.82) is 0 Å². The summed E-state index contributed by atoms with van der Waals surface area (Å²) in [5, 5.41) is -0.0664. The van der Waals surface area contributed by atoms with E-state index in [0.29, 0.717) is 5.56 Å². The van der Waals surface area contributed by atoms with Gasteiger partial charge in [0, 0.05) is 18.9 Å². The molecule has 0 heterocycles. The minimum Gasteiger partial charge on any atom is -0.299 e. The average molecular weight is 299 g/mol. The minimum atomic E-state index is -0.754. The summed E-state index contributed by atoms with van der Waals surface area (Å²) in [6.07, 6.45) is -0.141. The maximum atomic E-state index is 13.4. The summed E-state index contributed by atoms with van der Waals surface area (Å²) >= 11 is 5.61. The Labute approximate surface area is 119 Å². The van der Waals surface area contributed by atoms with Crippen molar-refractivity contribution in [3.63, 3.8) is 0 Å². The molecule has 0 spiro atoms. The zero-order chi connectivity index (χ0) is 14.7. The van der Waals surface area contributed by atoms with Gasteiger partial charge in [0.2, 0.25) is 0 Å². The Balaban J connectivity index is 2.07. The van der Waals surface area contributed by atoms with Crippen LogP contribution in [0.15, 0.2) is 36.4 Å². The lowest BCUT2D eigenvalue weighted by Gasteiger charge is -2.04. The summed E-state index contributed by atoms with van der Waals surface area (Å²) in [4.78, 5) is 11.8. The average Bonchev–Trinajstić information content (AvgIpc) is 2.37. The van der Waals surface area contributed by atoms with E-state index < -0.39 is 17.5 Å². The summed E-state index contributed by atoms with van der Waals surface area (Å²) in [5.41, 5.74) is 0.675. The van der Waals surface area contributed by atoms with Gasteiger partial charge in [0.1, 0.15) is 23.2 Å². The Bertz CT molecular complexity index is 656. The molecule has 0 radical (unpaired) electrons. The van der Waals surface area contributed by atoms with E-state index in [1.165, 1.54) is 24.3 Å². The molecule has 0 aliphatic carbocycles. The largest absolute Gasteiger partial charge is 0.299 e. The van der Waals surface area contributed by atoms with Gasteiger partial charge in [-0.2, -0.15) is 0 Å². The van der Waals surface area contributed by atoms with Crippen LogP contribution in [-0.4, -0.2) is 5.78 Å². The second-order valence-corrected chi connectivity index (χ2v) is 4.78. The molecule has 0 amide bonds. The van der Waals surface area contributed by atoms with Gasteiger partial charge >= 0.3 is 0 Å². The number of hydrogen-bond donors (Lipinski definition) is 0. The standard InChI is InChI=1S/C15H10ClF3O/c16-13-6-9(1-4-14(13)18)5-12(20)7-10-2-3-11(17)8-15(10)19/h1-4,6,8H,5,7H2. The fraction of sp³-hybridized carbons (Fsp3) is 0.133. The third-order valence-electron chi connectivity index (χ3n) is 2.79. The number of Topliss-reactive ketones (excluding diaryl/α,β-unsaturated/α-hetero) is 1. The highest BCUT2D eigenvalue weighted by molar-refractivity contribution is 6.30. The fourth-order valence-electron chi connectivity index (χ4n) is 1.82. The second-order valence-electron chi connectivity index (χ2n) is 4.38. The maximum Gasteiger partial charge on any atom is 0.141 e. The van der Waals surface area contributed by atoms with Crippen molar-refractivity contribution in [3.8, 4) is 0 Å². The molecule has 0 aliphatic rings. The lowest BCUT2D eigenvalue weighted by Crippen LogP contribution is -2.08. The molecular formula is C15H10ClF3O. The summed E-state index contributed by atoms with van der Waals surface area (Å²) in [7, 11) is 0. The van der Waals surface area contributed by atoms with Crippen LogP contribution in [0.5, 0.6) is 0 Å². The number of rotatable bonds is 4. The van der Waals surface area contributed by atoms with E-state index in [1.807, 2.05) is 0 Å². The summed E-state index contributed by atoms with van der Waals surface area (Å²) in [6, 6.07) is 7.04. The smallest absolute Gasteiger partial charge is 0.141 e. The van der Waals surface area contributed by atoms with Crippen LogP contribution >= 0.6 is 11.6 Å². The van der Waals surface area contributed by atoms with Crippen molar-refractivity contribution in [2.24, 2.45) is 0 Å². The van der Waals surface area contributed by atoms with Crippen molar-refractivity contribution in [2.45, 2.75) is 12.8 Å². The van der Waals surface area contributed by atoms with Gasteiger partial charge in [0.25, 0.3) is 0 Å². The molecule has 0 N–H and O–H groups in total. The van der Waals surface area contributed by atoms with E-state index in [1.54, 1.807) is 0 Å². The van der Waals surface area contributed by atoms with Crippen molar-refractivity contribution in [2.75, 3.05) is 0 Å². The Morgan fingerprint density at radius 2 is 1.70 bits per heavy atom. The van der Waals surface area contributed by atoms with E-state index in [0.717, 1.165) is 12.1 Å². The van der Waals surface area contributed by atoms with E-state index in [9.17, 15) is 18.0 Å². The lowest BCUT2D eigenvalue weighted by molar-refractivity contribution is -0.117. The third kappa shape index (κ3) is 3.61. The van der Waals surface area contributed by atoms with Crippen molar-refractivity contribution < 1.29 is 18.0 Å². The van der Waals surface area contributed by atoms with Gasteiger partial charge in [0.05, 0.1) is 5.02 Å². The van der Waals surface area contributed by atoms with Crippen LogP contribution < -0.4 is 0 Å². The number of carbonyl (C=O) groups excluding carboxylic acids is 1. The molecule has 2 aromatic carbocycles. The molecular weight excluding hydrogens is 289 g/mol. The highest BCUT2D eigenvalue weighted by atomic mass is 35.5. The molecule has 1 nitrogen and oxygen atoms in total. The molecule has 2 aromatic rings. The molecule has 0 aliphatic heterocycles. The van der Waals surface area contributed by atoms with Crippen molar-refractivity contribution in [1.82, 2.24) is 0 Å². The second kappa shape index (κ2) is 6.09. The fourth-order valence-corrected chi connectivity index (χ4v) is 2.02. The van der Waals surface area contributed by atoms with Crippen molar-refractivity contribution >= 4 is 17.4 Å². The zero-order valence-electron chi connectivity index (χ0n) is 10.3. The quantitative estimate of drug-likeness (QED) is 0.830. The highest BCUT2D eigenvalue weighted by Crippen LogP contribution is 2.17. The summed E-state index contributed by atoms with van der Waals surface area (Å²) < 4.78 is 39.1. The molecule has 0 saturated heterocycles. The van der Waals surface area contributed by atoms with Crippen LogP contribution in [0, 0.1) is 17.5 Å². The Morgan fingerprint density at radius 3 is 2.35 bits per heavy atom. The molecule has 0 saturated carbocycles. The molecule has 0 atom stereocenters. The van der Waals surface area contributed by atoms with Gasteiger partial charge < -0.3 is 0 Å². The predicted octanol–water partition coefficient (Wildman–Crippen LogP) is 4.11. The monoisotopic (exact) mass is 298 g/mol. The highest BCUT2D eigenvalue weighted by Gasteiger charge is 2.11. The lowest BCUT2D eigenvalue weighted by atomic mass is 10.0. The number of carbonyl (C=O) groups is 1. The third-order valence-corrected chi connectivity index (χ3v) is 3.08. The van der Waals surface area contributed by atoms with Gasteiger partial charge in [-0.25, -0.2) is 13.2 Å². The Kier molecular flexibility index (Phi) is 4.45. The van der Waals surface area contributed by atoms with Gasteiger partial charge in [-0.15, -0.1) is 0 Å². The summed E-state index contributed by atoms with van der Waals surface area (Å²) in [5.74, 6) is -2.27. The molecule has 0 bridgehead atoms. The van der Waals surface area contributed by atoms with Gasteiger partial charge in [-0.1, -0.05) is 23.7 Å². The molecule has 0 unspecified atom stereocenters. The van der Waals surface area contributed by atoms with Crippen LogP contribution in [-0.2, 0) is 17.6 Å². The number of ketones is 1. The molecule has 0 aromatic heterocycles. The molecule has 2 rings (SSSR count). The first-order valence-corrected chi connectivity index (χ1v) is 6.23. The van der Waals surface area contributed by atoms with Crippen LogP contribution in [0.1, 0.15) is 11.1 Å². The first-order chi connectivity index (χ1) is 9.45. The van der Waals surface area contributed by atoms with E-state index in [-0.39, 0.29) is 29.2 Å². The first kappa shape index (κ1) is 14.6. The van der Waals surface area contributed by atoms with E-state index >= 15 is 0 Å². The van der Waals surface area contributed by atoms with Crippen molar-refractivity contribution in [3.05, 3.63) is 70.0 Å². The normalized spacial score (nSPS) is 10.6. The van der Waals surface area contributed by atoms with E-state index in [4.69, 9.17) is 11.6 Å². The number of benzene rings is 2. The van der Waals surface area contributed by atoms with Gasteiger partial charge in [-0.3, -0.25) is 4.79 Å². The number of hydrogen-bond acceptors (Lipinski definition) is 1. The SMILES string of the molecule is O=C(Cc1ccc(F)c(Cl)c1)Cc1ccc(F)cc1F. The maximum absolute atomic E-state index is 13.4. The van der Waals surface area contributed by atoms with Crippen LogP contribution in [0.2, 0.25) is 5.02 Å². The molecule has 5 heteroatoms. The number of halogens is 4. The van der Waals surface area contributed by atoms with Crippen LogP contribution in [0.25, 0.3) is 0 Å². The Hall–Kier alpha value is -1.81. The minimum absolute atomic E-state index is 0.0107. The zero-order valence-corrected chi connectivity index (χ0v) is 11.1. The predicted molar refractivity (Wildman–Crippen MR) is 70.2 cm³/mol. The first-order valence-electron chi connectivity index (χ1n) is 5.85. The van der Waals surface area contributed by atoms with Gasteiger partial charge in [0.15, 0.2) is 0 Å². The van der Waals surface area contributed by atoms with E-state index in [2.05, 4.69) is 0 Å². The molecule has 20 heavy (non-hydrogen) atoms. The molecule has 0 fully saturated rings. The van der Waals surface area contributed by atoms with Crippen LogP contribution in [0.3, 0.4) is 0 Å². The summed E-state index contributed by atoms with van der Waals surface area (Å²) in [6.45, 7) is 0. The van der Waals surface area contributed by atoms with Gasteiger partial charge in [-0.05, 0) is 29.3 Å².